The van der Waals surface area contributed by atoms with Gasteiger partial charge in [-0.2, -0.15) is 0 Å². The summed E-state index contributed by atoms with van der Waals surface area (Å²) in [4.78, 5) is 41.1. The van der Waals surface area contributed by atoms with Crippen molar-refractivity contribution in [1.29, 1.82) is 0 Å². The highest BCUT2D eigenvalue weighted by molar-refractivity contribution is 8.00. The van der Waals surface area contributed by atoms with Gasteiger partial charge in [-0.25, -0.2) is 9.78 Å². The van der Waals surface area contributed by atoms with Gasteiger partial charge in [0.2, 0.25) is 0 Å². The van der Waals surface area contributed by atoms with Gasteiger partial charge in [0.25, 0.3) is 11.8 Å². The fraction of sp³-hybridized carbons (Fsp3) is 0.333. The van der Waals surface area contributed by atoms with Crippen LogP contribution in [0.4, 0.5) is 9.93 Å². The van der Waals surface area contributed by atoms with Gasteiger partial charge in [0.15, 0.2) is 10.5 Å². The van der Waals surface area contributed by atoms with E-state index in [1.165, 1.54) is 23.1 Å². The maximum absolute atomic E-state index is 12.4. The third-order valence-electron chi connectivity index (χ3n) is 4.45. The SMILES string of the molecule is O=C(NC1CC1)c1ccc(-c2csc(NC(=O)C3SCCN3C(=O)O)n2)cc1. The third kappa shape index (κ3) is 4.12. The van der Waals surface area contributed by atoms with Gasteiger partial charge in [-0.3, -0.25) is 19.8 Å². The fourth-order valence-corrected chi connectivity index (χ4v) is 4.64. The molecule has 0 radical (unpaired) electrons. The maximum atomic E-state index is 12.4. The quantitative estimate of drug-likeness (QED) is 0.688. The number of nitrogens with zero attached hydrogens (tertiary/aromatic N) is 2. The number of thioether (sulfide) groups is 1. The van der Waals surface area contributed by atoms with Crippen LogP contribution in [0.2, 0.25) is 0 Å². The van der Waals surface area contributed by atoms with Gasteiger partial charge in [-0.05, 0) is 25.0 Å². The van der Waals surface area contributed by atoms with Crippen LogP contribution in [0.3, 0.4) is 0 Å². The Labute approximate surface area is 169 Å². The molecule has 1 aliphatic heterocycles. The number of carbonyl (C=O) groups is 3. The normalized spacial score (nSPS) is 18.7. The average molecular weight is 419 g/mol. The largest absolute Gasteiger partial charge is 0.465 e. The second-order valence-electron chi connectivity index (χ2n) is 6.55. The lowest BCUT2D eigenvalue weighted by Gasteiger charge is -2.18. The van der Waals surface area contributed by atoms with E-state index in [0.29, 0.717) is 34.7 Å². The first-order valence-corrected chi connectivity index (χ1v) is 10.7. The lowest BCUT2D eigenvalue weighted by molar-refractivity contribution is -0.117. The molecule has 1 aliphatic carbocycles. The predicted molar refractivity (Wildman–Crippen MR) is 108 cm³/mol. The molecular weight excluding hydrogens is 400 g/mol. The van der Waals surface area contributed by atoms with Gasteiger partial charge >= 0.3 is 6.09 Å². The summed E-state index contributed by atoms with van der Waals surface area (Å²) >= 11 is 2.56. The molecule has 2 fully saturated rings. The van der Waals surface area contributed by atoms with Crippen LogP contribution in [0.15, 0.2) is 29.6 Å². The molecule has 3 amide bonds. The Bertz CT molecular complexity index is 911. The Morgan fingerprint density at radius 3 is 2.61 bits per heavy atom. The van der Waals surface area contributed by atoms with Crippen LogP contribution in [0.25, 0.3) is 11.3 Å². The first-order valence-electron chi connectivity index (χ1n) is 8.80. The zero-order chi connectivity index (χ0) is 19.7. The molecule has 2 heterocycles. The molecule has 4 rings (SSSR count). The van der Waals surface area contributed by atoms with E-state index in [4.69, 9.17) is 5.11 Å². The predicted octanol–water partition coefficient (Wildman–Crippen LogP) is 2.69. The van der Waals surface area contributed by atoms with Gasteiger partial charge in [-0.1, -0.05) is 12.1 Å². The molecule has 1 aromatic carbocycles. The van der Waals surface area contributed by atoms with E-state index in [2.05, 4.69) is 15.6 Å². The first kappa shape index (κ1) is 18.8. The van der Waals surface area contributed by atoms with Crippen molar-refractivity contribution >= 4 is 46.1 Å². The summed E-state index contributed by atoms with van der Waals surface area (Å²) in [5, 5.41) is 16.3. The van der Waals surface area contributed by atoms with Crippen molar-refractivity contribution in [2.24, 2.45) is 0 Å². The Balaban J connectivity index is 1.40. The Morgan fingerprint density at radius 2 is 1.93 bits per heavy atom. The molecule has 2 aliphatic rings. The number of hydrogen-bond donors (Lipinski definition) is 3. The fourth-order valence-electron chi connectivity index (χ4n) is 2.80. The number of nitrogens with one attached hydrogen (secondary N) is 2. The molecule has 1 aromatic heterocycles. The minimum absolute atomic E-state index is 0.0719. The van der Waals surface area contributed by atoms with E-state index in [1.54, 1.807) is 12.1 Å². The summed E-state index contributed by atoms with van der Waals surface area (Å²) < 4.78 is 0. The number of benzene rings is 1. The molecule has 1 saturated carbocycles. The Morgan fingerprint density at radius 1 is 1.18 bits per heavy atom. The molecule has 3 N–H and O–H groups in total. The number of rotatable bonds is 5. The minimum atomic E-state index is -1.10. The number of amides is 3. The van der Waals surface area contributed by atoms with Crippen LogP contribution in [0.1, 0.15) is 23.2 Å². The second-order valence-corrected chi connectivity index (χ2v) is 8.60. The smallest absolute Gasteiger partial charge is 0.408 e. The molecule has 1 atom stereocenters. The maximum Gasteiger partial charge on any atom is 0.408 e. The van der Waals surface area contributed by atoms with E-state index >= 15 is 0 Å². The van der Waals surface area contributed by atoms with Crippen molar-refractivity contribution in [3.8, 4) is 11.3 Å². The summed E-state index contributed by atoms with van der Waals surface area (Å²) in [7, 11) is 0. The summed E-state index contributed by atoms with van der Waals surface area (Å²) in [6, 6.07) is 7.46. The van der Waals surface area contributed by atoms with E-state index < -0.39 is 17.4 Å². The lowest BCUT2D eigenvalue weighted by atomic mass is 10.1. The molecule has 8 nitrogen and oxygen atoms in total. The number of aromatic nitrogens is 1. The van der Waals surface area contributed by atoms with E-state index in [9.17, 15) is 14.4 Å². The molecule has 2 aromatic rings. The number of hydrogen-bond acceptors (Lipinski definition) is 6. The van der Waals surface area contributed by atoms with Crippen molar-refractivity contribution in [3.63, 3.8) is 0 Å². The van der Waals surface area contributed by atoms with Crippen molar-refractivity contribution in [1.82, 2.24) is 15.2 Å². The zero-order valence-electron chi connectivity index (χ0n) is 14.8. The molecule has 0 spiro atoms. The monoisotopic (exact) mass is 418 g/mol. The van der Waals surface area contributed by atoms with Crippen molar-refractivity contribution in [3.05, 3.63) is 35.2 Å². The lowest BCUT2D eigenvalue weighted by Crippen LogP contribution is -2.41. The van der Waals surface area contributed by atoms with Gasteiger partial charge in [0.1, 0.15) is 0 Å². The van der Waals surface area contributed by atoms with E-state index in [-0.39, 0.29) is 5.91 Å². The summed E-state index contributed by atoms with van der Waals surface area (Å²) in [6.07, 6.45) is 0.984. The first-order chi connectivity index (χ1) is 13.5. The number of carbonyl (C=O) groups excluding carboxylic acids is 2. The molecule has 146 valence electrons. The highest BCUT2D eigenvalue weighted by Gasteiger charge is 2.35. The highest BCUT2D eigenvalue weighted by atomic mass is 32.2. The van der Waals surface area contributed by atoms with Crippen LogP contribution in [0, 0.1) is 0 Å². The Kier molecular flexibility index (Phi) is 5.23. The minimum Gasteiger partial charge on any atom is -0.465 e. The average Bonchev–Trinajstić information content (AvgIpc) is 3.18. The number of anilines is 1. The Hall–Kier alpha value is -2.59. The van der Waals surface area contributed by atoms with Crippen molar-refractivity contribution < 1.29 is 19.5 Å². The zero-order valence-corrected chi connectivity index (χ0v) is 16.4. The van der Waals surface area contributed by atoms with Crippen LogP contribution >= 0.6 is 23.1 Å². The molecule has 10 heteroatoms. The van der Waals surface area contributed by atoms with E-state index in [0.717, 1.165) is 23.3 Å². The molecule has 28 heavy (non-hydrogen) atoms. The number of thiazole rings is 1. The van der Waals surface area contributed by atoms with Crippen molar-refractivity contribution in [2.45, 2.75) is 24.3 Å². The summed E-state index contributed by atoms with van der Waals surface area (Å²) in [6.45, 7) is 0.335. The summed E-state index contributed by atoms with van der Waals surface area (Å²) in [5.41, 5.74) is 2.12. The van der Waals surface area contributed by atoms with Crippen LogP contribution in [0.5, 0.6) is 0 Å². The standard InChI is InChI=1S/C18H18N4O4S2/c23-14(19-12-5-6-12)11-3-1-10(2-4-11)13-9-28-17(20-13)21-15(24)16-22(18(25)26)7-8-27-16/h1-4,9,12,16H,5-8H2,(H,19,23)(H,25,26)(H,20,21,24). The molecular formula is C18H18N4O4S2. The molecule has 0 bridgehead atoms. The van der Waals surface area contributed by atoms with Gasteiger partial charge in [0.05, 0.1) is 5.69 Å². The van der Waals surface area contributed by atoms with Crippen LogP contribution in [-0.4, -0.2) is 56.6 Å². The second kappa shape index (κ2) is 7.80. The van der Waals surface area contributed by atoms with E-state index in [1.807, 2.05) is 17.5 Å². The summed E-state index contributed by atoms with van der Waals surface area (Å²) in [5.74, 6) is 0.129. The number of carboxylic acid groups (broad SMARTS) is 1. The van der Waals surface area contributed by atoms with Crippen LogP contribution in [-0.2, 0) is 4.79 Å². The van der Waals surface area contributed by atoms with Gasteiger partial charge in [-0.15, -0.1) is 23.1 Å². The van der Waals surface area contributed by atoms with Gasteiger partial charge < -0.3 is 10.4 Å². The van der Waals surface area contributed by atoms with Crippen LogP contribution < -0.4 is 10.6 Å². The van der Waals surface area contributed by atoms with Gasteiger partial charge in [0, 0.05) is 34.8 Å². The third-order valence-corrected chi connectivity index (χ3v) is 6.41. The topological polar surface area (TPSA) is 112 Å². The van der Waals surface area contributed by atoms with Crippen molar-refractivity contribution in [2.75, 3.05) is 17.6 Å². The molecule has 1 saturated heterocycles. The molecule has 1 unspecified atom stereocenters. The highest BCUT2D eigenvalue weighted by Crippen LogP contribution is 2.28.